The van der Waals surface area contributed by atoms with Crippen LogP contribution in [-0.4, -0.2) is 69.7 Å². The zero-order valence-corrected chi connectivity index (χ0v) is 33.6. The molecule has 253 valence electrons. The van der Waals surface area contributed by atoms with Crippen LogP contribution in [0.3, 0.4) is 0 Å². The number of pyridine rings is 2. The molecule has 0 N–H and O–H groups in total. The van der Waals surface area contributed by atoms with Crippen molar-refractivity contribution >= 4 is 92.2 Å². The minimum atomic E-state index is -4.94. The van der Waals surface area contributed by atoms with E-state index in [2.05, 4.69) is 75.6 Å². The van der Waals surface area contributed by atoms with Crippen molar-refractivity contribution in [2.45, 2.75) is 0 Å². The van der Waals surface area contributed by atoms with Crippen LogP contribution in [0.1, 0.15) is 22.5 Å². The van der Waals surface area contributed by atoms with Gasteiger partial charge in [-0.2, -0.15) is 10.2 Å². The van der Waals surface area contributed by atoms with Gasteiger partial charge < -0.3 is 35.1 Å². The van der Waals surface area contributed by atoms with Crippen LogP contribution in [0.2, 0.25) is 0 Å². The molecule has 4 aromatic rings. The van der Waals surface area contributed by atoms with E-state index in [-0.39, 0.29) is 17.1 Å². The first-order valence-corrected chi connectivity index (χ1v) is 17.3. The van der Waals surface area contributed by atoms with Gasteiger partial charge in [-0.1, -0.05) is 36.4 Å². The normalized spacial score (nSPS) is 12.0. The van der Waals surface area contributed by atoms with Gasteiger partial charge in [-0.3, -0.25) is 9.97 Å². The van der Waals surface area contributed by atoms with Crippen LogP contribution < -0.4 is 18.6 Å². The fraction of sp³-hybridized carbons (Fsp3) is 0.133. The Labute approximate surface area is 330 Å². The summed E-state index contributed by atoms with van der Waals surface area (Å²) >= 11 is 14.8. The minimum Gasteiger partial charge on any atom is -0.741 e. The zero-order valence-electron chi connectivity index (χ0n) is 25.8. The molecule has 0 saturated heterocycles. The second-order valence-electron chi connectivity index (χ2n) is 9.27. The molecular weight excluding hydrogens is 946 g/mol. The summed E-state index contributed by atoms with van der Waals surface area (Å²) in [6.45, 7) is 0. The summed E-state index contributed by atoms with van der Waals surface area (Å²) in [6, 6.07) is 27.5. The summed E-state index contributed by atoms with van der Waals surface area (Å²) in [5.74, 6) is 0. The monoisotopic (exact) mass is 973 g/mol. The molecule has 0 spiro atoms. The van der Waals surface area contributed by atoms with Gasteiger partial charge in [-0.25, -0.2) is 18.6 Å². The average Bonchev–Trinajstić information content (AvgIpc) is 3.03. The number of halogens is 3. The third-order valence-corrected chi connectivity index (χ3v) is 7.62. The fourth-order valence-electron chi connectivity index (χ4n) is 3.10. The topological polar surface area (TPSA) is 174 Å². The van der Waals surface area contributed by atoms with Gasteiger partial charge in [0.2, 0.25) is 0 Å². The Balaban J connectivity index is 0.000000413. The van der Waals surface area contributed by atoms with Crippen molar-refractivity contribution in [2.75, 3.05) is 28.2 Å². The smallest absolute Gasteiger partial charge is 0.741 e. The maximum absolute atomic E-state index is 8.49. The Kier molecular flexibility index (Phi) is 20.3. The molecule has 18 heteroatoms. The van der Waals surface area contributed by atoms with Crippen molar-refractivity contribution in [3.05, 3.63) is 127 Å². The number of benzene rings is 2. The van der Waals surface area contributed by atoms with E-state index in [9.17, 15) is 0 Å². The molecule has 1 radical (unpaired) electrons. The Morgan fingerprint density at radius 1 is 0.583 bits per heavy atom. The quantitative estimate of drug-likeness (QED) is 0.0679. The van der Waals surface area contributed by atoms with Gasteiger partial charge in [0.1, 0.15) is 11.4 Å². The third-order valence-electron chi connectivity index (χ3n) is 5.29. The molecular formula is C30H28ClFeI2N8O4S2. The van der Waals surface area contributed by atoms with E-state index in [1.54, 1.807) is 22.2 Å². The maximum Gasteiger partial charge on any atom is 3.00 e. The van der Waals surface area contributed by atoms with Gasteiger partial charge in [-0.05, 0) is 93.7 Å². The molecule has 0 fully saturated rings. The predicted octanol–water partition coefficient (Wildman–Crippen LogP) is 1.05. The van der Waals surface area contributed by atoms with Crippen molar-refractivity contribution in [3.8, 4) is 0 Å². The van der Waals surface area contributed by atoms with Crippen molar-refractivity contribution in [2.24, 2.45) is 20.4 Å². The molecule has 0 bridgehead atoms. The maximum atomic E-state index is 8.49. The Hall–Kier alpha value is -2.43. The van der Waals surface area contributed by atoms with Gasteiger partial charge >= 0.3 is 17.1 Å². The van der Waals surface area contributed by atoms with Crippen LogP contribution in [0.25, 0.3) is 0 Å². The number of hydrogen-bond donors (Lipinski definition) is 0. The fourth-order valence-corrected chi connectivity index (χ4v) is 3.90. The Morgan fingerprint density at radius 3 is 1.15 bits per heavy atom. The van der Waals surface area contributed by atoms with E-state index in [1.165, 1.54) is 0 Å². The minimum absolute atomic E-state index is 0. The van der Waals surface area contributed by atoms with Crippen LogP contribution in [0.15, 0.2) is 118 Å². The summed E-state index contributed by atoms with van der Waals surface area (Å²) in [7, 11) is 2.42. The largest absolute Gasteiger partial charge is 3.00 e. The van der Waals surface area contributed by atoms with E-state index in [4.69, 9.17) is 43.9 Å². The van der Waals surface area contributed by atoms with E-state index in [1.807, 2.05) is 113 Å². The van der Waals surface area contributed by atoms with Crippen LogP contribution >= 0.6 is 45.2 Å². The molecule has 0 unspecified atom stereocenters. The summed E-state index contributed by atoms with van der Waals surface area (Å²) < 4.78 is 36.3. The van der Waals surface area contributed by atoms with Crippen LogP contribution in [0.4, 0.5) is 0 Å². The average molecular weight is 974 g/mol. The predicted molar refractivity (Wildman–Crippen MR) is 195 cm³/mol. The molecule has 4 rings (SSSR count). The molecule has 12 nitrogen and oxygen atoms in total. The Morgan fingerprint density at radius 2 is 0.896 bits per heavy atom. The second-order valence-corrected chi connectivity index (χ2v) is 13.3. The number of rotatable bonds is 6. The zero-order chi connectivity index (χ0) is 35.0. The van der Waals surface area contributed by atoms with Crippen molar-refractivity contribution in [1.82, 2.24) is 19.8 Å². The van der Waals surface area contributed by atoms with Gasteiger partial charge in [0, 0.05) is 69.2 Å². The summed E-state index contributed by atoms with van der Waals surface area (Å²) in [4.78, 5) is 12.2. The molecule has 2 aromatic carbocycles. The standard InChI is InChI=1S/2C15H15IN4S.ClHO4.Fe/c2*1-20(2)15(21)19-18-14(13-5-3-4-10-17-13)11-6-8-12(16)9-7-11;2-1(3,4)5;/h2*3-10H,1-2H3,(H,19,21);(H,2,3,4,5);/q;;;+3/p-3/b2*18-14+;;. The molecule has 0 amide bonds. The third kappa shape index (κ3) is 17.3. The van der Waals surface area contributed by atoms with Gasteiger partial charge in [0.25, 0.3) is 0 Å². The molecule has 0 aliphatic carbocycles. The first-order chi connectivity index (χ1) is 22.2. The molecule has 0 saturated carbocycles. The molecule has 0 aliphatic rings. The van der Waals surface area contributed by atoms with E-state index in [0.717, 1.165) is 29.7 Å². The SMILES string of the molecule is CN(C)/C([S-])=N/N=C(\c1ccc(I)cc1)c1ccccn1.CN(C)/C([S-])=N/N=C(\c1ccc(I)cc1)c1ccccn1.[Fe+3].[O-][Cl+3]([O-])([O-])[O-]. The van der Waals surface area contributed by atoms with E-state index >= 15 is 0 Å². The Bertz CT molecular complexity index is 1540. The molecule has 0 aliphatic heterocycles. The van der Waals surface area contributed by atoms with Gasteiger partial charge in [-0.15, -0.1) is 20.4 Å². The van der Waals surface area contributed by atoms with Crippen molar-refractivity contribution in [3.63, 3.8) is 0 Å². The molecule has 2 heterocycles. The number of amidine groups is 2. The van der Waals surface area contributed by atoms with Gasteiger partial charge in [0.15, 0.2) is 0 Å². The molecule has 48 heavy (non-hydrogen) atoms. The summed E-state index contributed by atoms with van der Waals surface area (Å²) in [6.07, 6.45) is 3.48. The molecule has 0 atom stereocenters. The van der Waals surface area contributed by atoms with Crippen molar-refractivity contribution < 1.29 is 45.9 Å². The first kappa shape index (κ1) is 43.6. The molecule has 2 aromatic heterocycles. The number of nitrogens with zero attached hydrogens (tertiary/aromatic N) is 8. The van der Waals surface area contributed by atoms with Crippen molar-refractivity contribution in [1.29, 1.82) is 0 Å². The van der Waals surface area contributed by atoms with E-state index in [0.29, 0.717) is 21.8 Å². The van der Waals surface area contributed by atoms with Crippen LogP contribution in [0.5, 0.6) is 0 Å². The van der Waals surface area contributed by atoms with E-state index < -0.39 is 10.2 Å². The number of aromatic nitrogens is 2. The summed E-state index contributed by atoms with van der Waals surface area (Å²) in [5, 5.41) is 17.7. The van der Waals surface area contributed by atoms with Crippen LogP contribution in [0, 0.1) is 17.4 Å². The summed E-state index contributed by atoms with van der Waals surface area (Å²) in [5.41, 5.74) is 4.86. The van der Waals surface area contributed by atoms with Crippen LogP contribution in [-0.2, 0) is 42.3 Å². The number of hydrogen-bond acceptors (Lipinski definition) is 12. The first-order valence-electron chi connectivity index (χ1n) is 13.1. The van der Waals surface area contributed by atoms with Gasteiger partial charge in [0.05, 0.1) is 11.4 Å². The second kappa shape index (κ2) is 22.3.